The van der Waals surface area contributed by atoms with Crippen molar-refractivity contribution in [1.29, 1.82) is 0 Å². The number of carbonyl (C=O) groups is 1. The molecule has 1 aliphatic carbocycles. The van der Waals surface area contributed by atoms with Crippen LogP contribution in [0.5, 0.6) is 0 Å². The average molecular weight is 329 g/mol. The topological polar surface area (TPSA) is 46.4 Å². The minimum Gasteiger partial charge on any atom is -0.348 e. The number of hydrogen-bond acceptors (Lipinski definition) is 3. The molecule has 23 heavy (non-hydrogen) atoms. The fraction of sp³-hybridized carbons (Fsp3) is 0.294. The molecule has 4 nitrogen and oxygen atoms in total. The Hall–Kier alpha value is -2.21. The van der Waals surface area contributed by atoms with Crippen molar-refractivity contribution in [3.63, 3.8) is 0 Å². The highest BCUT2D eigenvalue weighted by Crippen LogP contribution is 2.24. The molecule has 118 valence electrons. The number of thiazole rings is 1. The lowest BCUT2D eigenvalue weighted by molar-refractivity contribution is 0.0932. The molecule has 0 saturated heterocycles. The van der Waals surface area contributed by atoms with Crippen LogP contribution in [0.4, 0.5) is 4.39 Å². The van der Waals surface area contributed by atoms with Crippen molar-refractivity contribution in [3.05, 3.63) is 47.4 Å². The number of benzene rings is 1. The van der Waals surface area contributed by atoms with Crippen LogP contribution in [0.15, 0.2) is 35.8 Å². The van der Waals surface area contributed by atoms with E-state index < -0.39 is 0 Å². The predicted octanol–water partition coefficient (Wildman–Crippen LogP) is 3.87. The summed E-state index contributed by atoms with van der Waals surface area (Å²) in [6.45, 7) is 0. The summed E-state index contributed by atoms with van der Waals surface area (Å²) >= 11 is 1.44. The summed E-state index contributed by atoms with van der Waals surface area (Å²) < 4.78 is 14.8. The Morgan fingerprint density at radius 3 is 2.74 bits per heavy atom. The van der Waals surface area contributed by atoms with Crippen molar-refractivity contribution in [2.24, 2.45) is 0 Å². The first-order chi connectivity index (χ1) is 11.2. The molecule has 0 aliphatic heterocycles. The first-order valence-electron chi connectivity index (χ1n) is 7.74. The van der Waals surface area contributed by atoms with E-state index in [1.807, 2.05) is 16.0 Å². The highest BCUT2D eigenvalue weighted by Gasteiger charge is 2.21. The Bertz CT molecular complexity index is 846. The SMILES string of the molecule is O=C(NC1CCCC1)c1csc2nc(-c3ccc(F)cc3)cn12. The zero-order valence-corrected chi connectivity index (χ0v) is 13.3. The second-order valence-electron chi connectivity index (χ2n) is 5.86. The Morgan fingerprint density at radius 1 is 1.26 bits per heavy atom. The third kappa shape index (κ3) is 2.74. The smallest absolute Gasteiger partial charge is 0.269 e. The molecule has 1 fully saturated rings. The zero-order chi connectivity index (χ0) is 15.8. The quantitative estimate of drug-likeness (QED) is 0.793. The van der Waals surface area contributed by atoms with Crippen LogP contribution in [0.3, 0.4) is 0 Å². The molecule has 0 spiro atoms. The predicted molar refractivity (Wildman–Crippen MR) is 88.2 cm³/mol. The Balaban J connectivity index is 1.63. The van der Waals surface area contributed by atoms with Crippen molar-refractivity contribution in [1.82, 2.24) is 14.7 Å². The molecular weight excluding hydrogens is 313 g/mol. The lowest BCUT2D eigenvalue weighted by Gasteiger charge is -2.10. The highest BCUT2D eigenvalue weighted by molar-refractivity contribution is 7.15. The van der Waals surface area contributed by atoms with Gasteiger partial charge in [-0.3, -0.25) is 9.20 Å². The van der Waals surface area contributed by atoms with Gasteiger partial charge in [-0.15, -0.1) is 11.3 Å². The van der Waals surface area contributed by atoms with Crippen LogP contribution in [0.2, 0.25) is 0 Å². The molecule has 1 aromatic carbocycles. The van der Waals surface area contributed by atoms with Gasteiger partial charge in [0.1, 0.15) is 11.5 Å². The molecule has 0 radical (unpaired) electrons. The van der Waals surface area contributed by atoms with Gasteiger partial charge in [0.2, 0.25) is 0 Å². The summed E-state index contributed by atoms with van der Waals surface area (Å²) in [6, 6.07) is 6.50. The monoisotopic (exact) mass is 329 g/mol. The van der Waals surface area contributed by atoms with Gasteiger partial charge in [0.25, 0.3) is 5.91 Å². The molecule has 3 aromatic rings. The Kier molecular flexibility index (Phi) is 3.61. The van der Waals surface area contributed by atoms with E-state index in [0.29, 0.717) is 5.69 Å². The van der Waals surface area contributed by atoms with Gasteiger partial charge in [-0.2, -0.15) is 0 Å². The summed E-state index contributed by atoms with van der Waals surface area (Å²) in [6.07, 6.45) is 6.32. The number of carbonyl (C=O) groups excluding carboxylic acids is 1. The summed E-state index contributed by atoms with van der Waals surface area (Å²) in [5.41, 5.74) is 2.19. The third-order valence-corrected chi connectivity index (χ3v) is 5.11. The van der Waals surface area contributed by atoms with E-state index in [-0.39, 0.29) is 17.8 Å². The summed E-state index contributed by atoms with van der Waals surface area (Å²) in [4.78, 5) is 17.8. The number of fused-ring (bicyclic) bond motifs is 1. The van der Waals surface area contributed by atoms with Crippen molar-refractivity contribution in [2.45, 2.75) is 31.7 Å². The minimum atomic E-state index is -0.272. The standard InChI is InChI=1S/C17H16FN3OS/c18-12-7-5-11(6-8-12)14-9-21-15(10-23-17(21)20-14)16(22)19-13-3-1-2-4-13/h5-10,13H,1-4H2,(H,19,22). The largest absolute Gasteiger partial charge is 0.348 e. The van der Waals surface area contributed by atoms with E-state index >= 15 is 0 Å². The van der Waals surface area contributed by atoms with Crippen LogP contribution < -0.4 is 5.32 Å². The van der Waals surface area contributed by atoms with Crippen molar-refractivity contribution >= 4 is 22.2 Å². The molecule has 4 rings (SSSR count). The number of hydrogen-bond donors (Lipinski definition) is 1. The lowest BCUT2D eigenvalue weighted by Crippen LogP contribution is -2.33. The van der Waals surface area contributed by atoms with Crippen molar-refractivity contribution < 1.29 is 9.18 Å². The first kappa shape index (κ1) is 14.4. The zero-order valence-electron chi connectivity index (χ0n) is 12.5. The molecule has 2 heterocycles. The number of amides is 1. The van der Waals surface area contributed by atoms with Gasteiger partial charge in [0.05, 0.1) is 5.69 Å². The van der Waals surface area contributed by atoms with E-state index in [0.717, 1.165) is 29.1 Å². The second-order valence-corrected chi connectivity index (χ2v) is 6.70. The second kappa shape index (κ2) is 5.77. The van der Waals surface area contributed by atoms with Gasteiger partial charge in [0, 0.05) is 23.2 Å². The van der Waals surface area contributed by atoms with Crippen molar-refractivity contribution in [3.8, 4) is 11.3 Å². The number of nitrogens with zero attached hydrogens (tertiary/aromatic N) is 2. The number of nitrogens with one attached hydrogen (secondary N) is 1. The fourth-order valence-electron chi connectivity index (χ4n) is 3.04. The maximum Gasteiger partial charge on any atom is 0.269 e. The summed E-state index contributed by atoms with van der Waals surface area (Å²) in [5, 5.41) is 4.93. The molecule has 1 amide bonds. The first-order valence-corrected chi connectivity index (χ1v) is 8.62. The Labute approximate surface area is 137 Å². The van der Waals surface area contributed by atoms with Gasteiger partial charge < -0.3 is 5.32 Å². The molecule has 1 aliphatic rings. The highest BCUT2D eigenvalue weighted by atomic mass is 32.1. The van der Waals surface area contributed by atoms with Gasteiger partial charge in [-0.05, 0) is 37.1 Å². The van der Waals surface area contributed by atoms with E-state index in [4.69, 9.17) is 0 Å². The van der Waals surface area contributed by atoms with Gasteiger partial charge >= 0.3 is 0 Å². The molecule has 2 aromatic heterocycles. The normalized spacial score (nSPS) is 15.3. The molecule has 0 bridgehead atoms. The molecule has 1 N–H and O–H groups in total. The fourth-order valence-corrected chi connectivity index (χ4v) is 3.89. The molecule has 1 saturated carbocycles. The van der Waals surface area contributed by atoms with E-state index in [9.17, 15) is 9.18 Å². The summed E-state index contributed by atoms with van der Waals surface area (Å²) in [5.74, 6) is -0.322. The molecule has 6 heteroatoms. The maximum absolute atomic E-state index is 13.0. The van der Waals surface area contributed by atoms with Crippen molar-refractivity contribution in [2.75, 3.05) is 0 Å². The van der Waals surface area contributed by atoms with E-state index in [1.54, 1.807) is 12.1 Å². The van der Waals surface area contributed by atoms with Crippen LogP contribution in [0, 0.1) is 5.82 Å². The lowest BCUT2D eigenvalue weighted by atomic mass is 10.2. The van der Waals surface area contributed by atoms with Crippen LogP contribution >= 0.6 is 11.3 Å². The average Bonchev–Trinajstić information content (AvgIpc) is 3.23. The molecule has 0 atom stereocenters. The molecule has 0 unspecified atom stereocenters. The number of halogens is 1. The number of imidazole rings is 1. The van der Waals surface area contributed by atoms with E-state index in [1.165, 1.54) is 36.3 Å². The molecular formula is C17H16FN3OS. The Morgan fingerprint density at radius 2 is 2.00 bits per heavy atom. The van der Waals surface area contributed by atoms with Crippen LogP contribution in [0.25, 0.3) is 16.2 Å². The minimum absolute atomic E-state index is 0.0498. The number of aromatic nitrogens is 2. The van der Waals surface area contributed by atoms with Gasteiger partial charge in [0.15, 0.2) is 4.96 Å². The van der Waals surface area contributed by atoms with Crippen LogP contribution in [-0.4, -0.2) is 21.3 Å². The van der Waals surface area contributed by atoms with Crippen LogP contribution in [0.1, 0.15) is 36.2 Å². The third-order valence-electron chi connectivity index (χ3n) is 4.27. The summed E-state index contributed by atoms with van der Waals surface area (Å²) in [7, 11) is 0. The maximum atomic E-state index is 13.0. The van der Waals surface area contributed by atoms with Gasteiger partial charge in [-0.25, -0.2) is 9.37 Å². The van der Waals surface area contributed by atoms with E-state index in [2.05, 4.69) is 10.3 Å². The van der Waals surface area contributed by atoms with Crippen LogP contribution in [-0.2, 0) is 0 Å². The number of rotatable bonds is 3. The van der Waals surface area contributed by atoms with Gasteiger partial charge in [-0.1, -0.05) is 12.8 Å².